The fourth-order valence-electron chi connectivity index (χ4n) is 3.32. The van der Waals surface area contributed by atoms with Crippen molar-refractivity contribution in [3.8, 4) is 11.4 Å². The summed E-state index contributed by atoms with van der Waals surface area (Å²) in [5, 5.41) is 7.04. The molecule has 8 nitrogen and oxygen atoms in total. The van der Waals surface area contributed by atoms with Gasteiger partial charge in [-0.25, -0.2) is 4.79 Å². The zero-order valence-corrected chi connectivity index (χ0v) is 16.4. The van der Waals surface area contributed by atoms with Crippen molar-refractivity contribution in [2.24, 2.45) is 0 Å². The highest BCUT2D eigenvalue weighted by Crippen LogP contribution is 2.26. The van der Waals surface area contributed by atoms with Crippen molar-refractivity contribution in [3.05, 3.63) is 36.2 Å². The number of nitrogens with zero attached hydrogens (tertiary/aromatic N) is 4. The summed E-state index contributed by atoms with van der Waals surface area (Å²) in [6.45, 7) is 1.57. The number of hydrogen-bond acceptors (Lipinski definition) is 5. The molecule has 1 saturated heterocycles. The standard InChI is InChI=1S/C20H27N5O3/c1-24(2)20(27)25-13-6-9-16(10-12-21-17(26)11-14-25)19-22-18(23-28-19)15-7-4-3-5-8-15/h3-5,7-8,16H,6,9-14H2,1-2H3,(H,21,26). The molecule has 2 heterocycles. The second-order valence-corrected chi connectivity index (χ2v) is 7.21. The zero-order valence-electron chi connectivity index (χ0n) is 16.4. The SMILES string of the molecule is CN(C)C(=O)N1CCCC(c2nc(-c3ccccc3)no2)CCNC(=O)CC1. The molecule has 1 N–H and O–H groups in total. The minimum atomic E-state index is -0.0762. The van der Waals surface area contributed by atoms with Crippen LogP contribution in [0.5, 0.6) is 0 Å². The van der Waals surface area contributed by atoms with Gasteiger partial charge < -0.3 is 19.6 Å². The fraction of sp³-hybridized carbons (Fsp3) is 0.500. The Morgan fingerprint density at radius 2 is 2.00 bits per heavy atom. The van der Waals surface area contributed by atoms with Gasteiger partial charge in [0.15, 0.2) is 0 Å². The molecule has 1 aliphatic heterocycles. The number of urea groups is 1. The lowest BCUT2D eigenvalue weighted by Crippen LogP contribution is -2.41. The van der Waals surface area contributed by atoms with Crippen LogP contribution in [0.3, 0.4) is 0 Å². The van der Waals surface area contributed by atoms with Crippen LogP contribution < -0.4 is 5.32 Å². The van der Waals surface area contributed by atoms with Crippen LogP contribution in [0.4, 0.5) is 4.79 Å². The highest BCUT2D eigenvalue weighted by atomic mass is 16.5. The maximum Gasteiger partial charge on any atom is 0.319 e. The summed E-state index contributed by atoms with van der Waals surface area (Å²) < 4.78 is 5.53. The van der Waals surface area contributed by atoms with Crippen molar-refractivity contribution in [1.29, 1.82) is 0 Å². The van der Waals surface area contributed by atoms with Crippen LogP contribution in [0.2, 0.25) is 0 Å². The summed E-state index contributed by atoms with van der Waals surface area (Å²) in [6, 6.07) is 9.62. The Balaban J connectivity index is 1.72. The monoisotopic (exact) mass is 385 g/mol. The first-order valence-electron chi connectivity index (χ1n) is 9.66. The number of rotatable bonds is 2. The van der Waals surface area contributed by atoms with E-state index in [1.165, 1.54) is 0 Å². The maximum absolute atomic E-state index is 12.3. The number of hydrogen-bond donors (Lipinski definition) is 1. The molecule has 1 aromatic carbocycles. The third-order valence-corrected chi connectivity index (χ3v) is 4.88. The summed E-state index contributed by atoms with van der Waals surface area (Å²) in [7, 11) is 3.44. The van der Waals surface area contributed by atoms with Crippen molar-refractivity contribution in [3.63, 3.8) is 0 Å². The fourth-order valence-corrected chi connectivity index (χ4v) is 3.32. The molecule has 0 saturated carbocycles. The number of nitrogens with one attached hydrogen (secondary N) is 1. The Bertz CT molecular complexity index is 790. The Morgan fingerprint density at radius 1 is 1.21 bits per heavy atom. The van der Waals surface area contributed by atoms with Crippen LogP contribution in [0.1, 0.15) is 37.5 Å². The first kappa shape index (κ1) is 19.9. The Morgan fingerprint density at radius 3 is 2.75 bits per heavy atom. The van der Waals surface area contributed by atoms with E-state index in [2.05, 4.69) is 15.5 Å². The predicted octanol–water partition coefficient (Wildman–Crippen LogP) is 2.49. The molecule has 0 aliphatic carbocycles. The molecule has 0 spiro atoms. The van der Waals surface area contributed by atoms with Crippen molar-refractivity contribution >= 4 is 11.9 Å². The van der Waals surface area contributed by atoms with Gasteiger partial charge in [-0.15, -0.1) is 0 Å². The molecule has 0 radical (unpaired) electrons. The zero-order chi connectivity index (χ0) is 19.9. The maximum atomic E-state index is 12.3. The molecule has 28 heavy (non-hydrogen) atoms. The molecule has 2 aromatic rings. The molecule has 1 aliphatic rings. The number of carbonyl (C=O) groups excluding carboxylic acids is 2. The highest BCUT2D eigenvalue weighted by Gasteiger charge is 2.23. The summed E-state index contributed by atoms with van der Waals surface area (Å²) in [5.74, 6) is 1.14. The lowest BCUT2D eigenvalue weighted by atomic mass is 9.99. The average Bonchev–Trinajstić information content (AvgIpc) is 3.17. The highest BCUT2D eigenvalue weighted by molar-refractivity contribution is 5.78. The molecular formula is C20H27N5O3. The molecule has 0 bridgehead atoms. The molecule has 1 unspecified atom stereocenters. The molecule has 3 amide bonds. The Kier molecular flexibility index (Phi) is 6.62. The number of carbonyl (C=O) groups is 2. The van der Waals surface area contributed by atoms with E-state index in [9.17, 15) is 9.59 Å². The lowest BCUT2D eigenvalue weighted by molar-refractivity contribution is -0.121. The van der Waals surface area contributed by atoms with Gasteiger partial charge in [-0.2, -0.15) is 4.98 Å². The summed E-state index contributed by atoms with van der Waals surface area (Å²) >= 11 is 0. The van der Waals surface area contributed by atoms with Crippen LogP contribution in [0.15, 0.2) is 34.9 Å². The van der Waals surface area contributed by atoms with E-state index in [-0.39, 0.29) is 17.9 Å². The van der Waals surface area contributed by atoms with E-state index in [4.69, 9.17) is 4.52 Å². The van der Waals surface area contributed by atoms with Gasteiger partial charge in [0.25, 0.3) is 0 Å². The number of benzene rings is 1. The smallest absolute Gasteiger partial charge is 0.319 e. The van der Waals surface area contributed by atoms with Crippen LogP contribution >= 0.6 is 0 Å². The van der Waals surface area contributed by atoms with Crippen LogP contribution in [-0.2, 0) is 4.79 Å². The van der Waals surface area contributed by atoms with Gasteiger partial charge in [-0.05, 0) is 19.3 Å². The van der Waals surface area contributed by atoms with Gasteiger partial charge >= 0.3 is 6.03 Å². The normalized spacial score (nSPS) is 18.9. The second kappa shape index (κ2) is 9.34. The third kappa shape index (κ3) is 5.09. The van der Waals surface area contributed by atoms with E-state index in [1.807, 2.05) is 30.3 Å². The van der Waals surface area contributed by atoms with Crippen molar-refractivity contribution in [2.45, 2.75) is 31.6 Å². The van der Waals surface area contributed by atoms with Crippen LogP contribution in [0.25, 0.3) is 11.4 Å². The molecule has 8 heteroatoms. The van der Waals surface area contributed by atoms with E-state index in [1.54, 1.807) is 23.9 Å². The largest absolute Gasteiger partial charge is 0.356 e. The topological polar surface area (TPSA) is 91.6 Å². The Hall–Kier alpha value is -2.90. The summed E-state index contributed by atoms with van der Waals surface area (Å²) in [5.41, 5.74) is 0.908. The molecular weight excluding hydrogens is 358 g/mol. The van der Waals surface area contributed by atoms with Gasteiger partial charge in [-0.3, -0.25) is 4.79 Å². The minimum Gasteiger partial charge on any atom is -0.356 e. The van der Waals surface area contributed by atoms with E-state index >= 15 is 0 Å². The van der Waals surface area contributed by atoms with Crippen molar-refractivity contribution in [2.75, 3.05) is 33.7 Å². The van der Waals surface area contributed by atoms with E-state index in [0.717, 1.165) is 24.8 Å². The van der Waals surface area contributed by atoms with E-state index < -0.39 is 0 Å². The van der Waals surface area contributed by atoms with Crippen LogP contribution in [-0.4, -0.2) is 65.6 Å². The van der Waals surface area contributed by atoms with E-state index in [0.29, 0.717) is 37.8 Å². The molecule has 3 rings (SSSR count). The molecule has 1 fully saturated rings. The van der Waals surface area contributed by atoms with Gasteiger partial charge in [0.1, 0.15) is 0 Å². The summed E-state index contributed by atoms with van der Waals surface area (Å²) in [4.78, 5) is 32.3. The molecule has 1 atom stereocenters. The quantitative estimate of drug-likeness (QED) is 0.858. The second-order valence-electron chi connectivity index (χ2n) is 7.21. The third-order valence-electron chi connectivity index (χ3n) is 4.88. The van der Waals surface area contributed by atoms with Crippen molar-refractivity contribution < 1.29 is 14.1 Å². The van der Waals surface area contributed by atoms with Gasteiger partial charge in [0.2, 0.25) is 17.6 Å². The number of aromatic nitrogens is 2. The van der Waals surface area contributed by atoms with Gasteiger partial charge in [0.05, 0.1) is 0 Å². The first-order chi connectivity index (χ1) is 13.5. The van der Waals surface area contributed by atoms with Crippen LogP contribution in [0, 0.1) is 0 Å². The predicted molar refractivity (Wildman–Crippen MR) is 105 cm³/mol. The molecule has 1 aromatic heterocycles. The van der Waals surface area contributed by atoms with Gasteiger partial charge in [-0.1, -0.05) is 35.5 Å². The average molecular weight is 385 g/mol. The van der Waals surface area contributed by atoms with Crippen molar-refractivity contribution in [1.82, 2.24) is 25.3 Å². The summed E-state index contributed by atoms with van der Waals surface area (Å²) in [6.07, 6.45) is 2.65. The lowest BCUT2D eigenvalue weighted by Gasteiger charge is -2.26. The number of amides is 3. The van der Waals surface area contributed by atoms with Gasteiger partial charge in [0, 0.05) is 51.6 Å². The minimum absolute atomic E-state index is 0.0414. The first-order valence-corrected chi connectivity index (χ1v) is 9.66. The molecule has 150 valence electrons. The Labute approximate surface area is 164 Å².